The molecule has 3 aromatic rings. The Morgan fingerprint density at radius 2 is 1.76 bits per heavy atom. The van der Waals surface area contributed by atoms with Gasteiger partial charge in [-0.15, -0.1) is 0 Å². The summed E-state index contributed by atoms with van der Waals surface area (Å²) in [6, 6.07) is 7.24. The standard InChI is InChI=1S/C22H24ClN7O3S/c1-14(30-9-22(10-30)11-33-12-22)15-3-4-18(24-7-15)28-19-6-20(27-13-26-19)29-21-17(34(2,31)32)5-16(23)8-25-21/h3-8,13-14H,9-12H2,1-2H3,(H2,24,25,26,27,28,29)/t14-/m0/s1. The molecule has 0 amide bonds. The number of anilines is 4. The summed E-state index contributed by atoms with van der Waals surface area (Å²) in [5, 5.41) is 6.30. The van der Waals surface area contributed by atoms with Crippen molar-refractivity contribution in [2.24, 2.45) is 5.41 Å². The van der Waals surface area contributed by atoms with Crippen molar-refractivity contribution in [2.45, 2.75) is 17.9 Å². The highest BCUT2D eigenvalue weighted by Gasteiger charge is 2.50. The summed E-state index contributed by atoms with van der Waals surface area (Å²) in [5.74, 6) is 1.63. The molecule has 3 aromatic heterocycles. The van der Waals surface area contributed by atoms with E-state index in [2.05, 4.69) is 48.5 Å². The van der Waals surface area contributed by atoms with Gasteiger partial charge in [-0.3, -0.25) is 4.90 Å². The van der Waals surface area contributed by atoms with Crippen LogP contribution in [0.3, 0.4) is 0 Å². The quantitative estimate of drug-likeness (QED) is 0.498. The summed E-state index contributed by atoms with van der Waals surface area (Å²) in [4.78, 5) is 19.4. The van der Waals surface area contributed by atoms with Crippen molar-refractivity contribution in [1.82, 2.24) is 24.8 Å². The number of halogens is 1. The molecule has 0 unspecified atom stereocenters. The lowest BCUT2D eigenvalue weighted by atomic mass is 9.77. The van der Waals surface area contributed by atoms with Crippen LogP contribution in [0.1, 0.15) is 18.5 Å². The van der Waals surface area contributed by atoms with Gasteiger partial charge in [0.1, 0.15) is 34.5 Å². The van der Waals surface area contributed by atoms with Gasteiger partial charge < -0.3 is 15.4 Å². The Bertz CT molecular complexity index is 1310. The number of ether oxygens (including phenoxy) is 1. The van der Waals surface area contributed by atoms with Crippen molar-refractivity contribution in [1.29, 1.82) is 0 Å². The number of aromatic nitrogens is 4. The monoisotopic (exact) mass is 501 g/mol. The summed E-state index contributed by atoms with van der Waals surface area (Å²) < 4.78 is 29.5. The smallest absolute Gasteiger partial charge is 0.179 e. The number of rotatable bonds is 7. The van der Waals surface area contributed by atoms with E-state index in [4.69, 9.17) is 16.3 Å². The number of hydrogen-bond donors (Lipinski definition) is 2. The van der Waals surface area contributed by atoms with Gasteiger partial charge in [-0.25, -0.2) is 28.4 Å². The van der Waals surface area contributed by atoms with Crippen molar-refractivity contribution >= 4 is 44.7 Å². The lowest BCUT2D eigenvalue weighted by molar-refractivity contribution is -0.197. The molecule has 34 heavy (non-hydrogen) atoms. The topological polar surface area (TPSA) is 122 Å². The minimum atomic E-state index is -3.54. The molecule has 2 aliphatic rings. The fourth-order valence-electron chi connectivity index (χ4n) is 4.14. The Morgan fingerprint density at radius 1 is 1.03 bits per heavy atom. The molecular formula is C22H24ClN7O3S. The zero-order chi connectivity index (χ0) is 23.9. The number of pyridine rings is 2. The molecule has 10 nitrogen and oxygen atoms in total. The highest BCUT2D eigenvalue weighted by molar-refractivity contribution is 7.90. The third-order valence-corrected chi connectivity index (χ3v) is 7.42. The van der Waals surface area contributed by atoms with E-state index < -0.39 is 9.84 Å². The Kier molecular flexibility index (Phi) is 5.88. The Morgan fingerprint density at radius 3 is 2.38 bits per heavy atom. The van der Waals surface area contributed by atoms with E-state index >= 15 is 0 Å². The van der Waals surface area contributed by atoms with E-state index in [1.54, 1.807) is 6.07 Å². The van der Waals surface area contributed by atoms with Crippen LogP contribution in [-0.2, 0) is 14.6 Å². The lowest BCUT2D eigenvalue weighted by Gasteiger charge is -2.57. The van der Waals surface area contributed by atoms with E-state index in [9.17, 15) is 8.42 Å². The second-order valence-corrected chi connectivity index (χ2v) is 11.3. The second-order valence-electron chi connectivity index (χ2n) is 8.86. The lowest BCUT2D eigenvalue weighted by Crippen LogP contribution is -2.66. The summed E-state index contributed by atoms with van der Waals surface area (Å²) in [5.41, 5.74) is 1.53. The zero-order valence-electron chi connectivity index (χ0n) is 18.7. The summed E-state index contributed by atoms with van der Waals surface area (Å²) in [6.07, 6.45) is 5.69. The average molecular weight is 502 g/mol. The van der Waals surface area contributed by atoms with Crippen molar-refractivity contribution < 1.29 is 13.2 Å². The molecule has 2 aliphatic heterocycles. The number of sulfone groups is 1. The van der Waals surface area contributed by atoms with Gasteiger partial charge in [-0.05, 0) is 24.6 Å². The molecule has 0 aliphatic carbocycles. The van der Waals surface area contributed by atoms with Crippen molar-refractivity contribution in [2.75, 3.05) is 43.2 Å². The Labute approximate surface area is 202 Å². The van der Waals surface area contributed by atoms with Gasteiger partial charge in [-0.2, -0.15) is 0 Å². The number of nitrogens with one attached hydrogen (secondary N) is 2. The van der Waals surface area contributed by atoms with Gasteiger partial charge in [-0.1, -0.05) is 17.7 Å². The molecule has 1 spiro atoms. The molecule has 12 heteroatoms. The second kappa shape index (κ2) is 8.73. The SMILES string of the molecule is C[C@@H](c1ccc(Nc2cc(Nc3ncc(Cl)cc3S(C)(=O)=O)ncn2)nc1)N1CC2(COC2)C1. The molecule has 5 rings (SSSR count). The van der Waals surface area contributed by atoms with Crippen LogP contribution in [0, 0.1) is 5.41 Å². The molecule has 0 radical (unpaired) electrons. The van der Waals surface area contributed by atoms with Crippen LogP contribution >= 0.6 is 11.6 Å². The minimum absolute atomic E-state index is 0.0162. The number of nitrogens with zero attached hydrogens (tertiary/aromatic N) is 5. The maximum absolute atomic E-state index is 12.1. The maximum Gasteiger partial charge on any atom is 0.179 e. The van der Waals surface area contributed by atoms with Gasteiger partial charge in [0.25, 0.3) is 0 Å². The first-order chi connectivity index (χ1) is 16.2. The fraction of sp³-hybridized carbons (Fsp3) is 0.364. The van der Waals surface area contributed by atoms with Crippen LogP contribution in [0.25, 0.3) is 0 Å². The van der Waals surface area contributed by atoms with Gasteiger partial charge in [0, 0.05) is 49.3 Å². The first-order valence-corrected chi connectivity index (χ1v) is 13.0. The molecule has 5 heterocycles. The van der Waals surface area contributed by atoms with Crippen LogP contribution in [0.5, 0.6) is 0 Å². The van der Waals surface area contributed by atoms with E-state index in [-0.39, 0.29) is 15.7 Å². The molecule has 0 bridgehead atoms. The highest BCUT2D eigenvalue weighted by Crippen LogP contribution is 2.41. The normalized spacial score (nSPS) is 18.1. The predicted octanol–water partition coefficient (Wildman–Crippen LogP) is 3.20. The van der Waals surface area contributed by atoms with Gasteiger partial charge >= 0.3 is 0 Å². The molecule has 2 N–H and O–H groups in total. The van der Waals surface area contributed by atoms with Crippen LogP contribution in [-0.4, -0.2) is 65.8 Å². The van der Waals surface area contributed by atoms with E-state index in [0.29, 0.717) is 28.9 Å². The van der Waals surface area contributed by atoms with Crippen molar-refractivity contribution in [3.05, 3.63) is 53.6 Å². The van der Waals surface area contributed by atoms with Crippen LogP contribution in [0.2, 0.25) is 5.02 Å². The van der Waals surface area contributed by atoms with Crippen molar-refractivity contribution in [3.63, 3.8) is 0 Å². The van der Waals surface area contributed by atoms with Crippen LogP contribution < -0.4 is 10.6 Å². The minimum Gasteiger partial charge on any atom is -0.380 e. The summed E-state index contributed by atoms with van der Waals surface area (Å²) in [6.45, 7) is 6.06. The van der Waals surface area contributed by atoms with Gasteiger partial charge in [0.2, 0.25) is 0 Å². The fourth-order valence-corrected chi connectivity index (χ4v) is 5.16. The summed E-state index contributed by atoms with van der Waals surface area (Å²) in [7, 11) is -3.54. The van der Waals surface area contributed by atoms with Crippen LogP contribution in [0.4, 0.5) is 23.3 Å². The Hall–Kier alpha value is -2.86. The van der Waals surface area contributed by atoms with Gasteiger partial charge in [0.05, 0.1) is 18.2 Å². The maximum atomic E-state index is 12.1. The van der Waals surface area contributed by atoms with E-state index in [1.165, 1.54) is 18.6 Å². The number of likely N-dealkylation sites (tertiary alicyclic amines) is 1. The third kappa shape index (κ3) is 4.69. The Balaban J connectivity index is 1.26. The van der Waals surface area contributed by atoms with E-state index in [0.717, 1.165) is 38.1 Å². The molecule has 178 valence electrons. The average Bonchev–Trinajstić information content (AvgIpc) is 2.73. The first-order valence-electron chi connectivity index (χ1n) is 10.7. The molecule has 1 atom stereocenters. The first kappa shape index (κ1) is 22.9. The van der Waals surface area contributed by atoms with Crippen LogP contribution in [0.15, 0.2) is 47.9 Å². The molecular weight excluding hydrogens is 478 g/mol. The summed E-state index contributed by atoms with van der Waals surface area (Å²) >= 11 is 5.92. The largest absolute Gasteiger partial charge is 0.380 e. The van der Waals surface area contributed by atoms with E-state index in [1.807, 2.05) is 12.3 Å². The third-order valence-electron chi connectivity index (χ3n) is 6.10. The molecule has 0 saturated carbocycles. The van der Waals surface area contributed by atoms with Crippen molar-refractivity contribution in [3.8, 4) is 0 Å². The zero-order valence-corrected chi connectivity index (χ0v) is 20.3. The highest BCUT2D eigenvalue weighted by atomic mass is 35.5. The van der Waals surface area contributed by atoms with Gasteiger partial charge in [0.15, 0.2) is 9.84 Å². The molecule has 2 saturated heterocycles. The molecule has 0 aromatic carbocycles. The number of hydrogen-bond acceptors (Lipinski definition) is 10. The predicted molar refractivity (Wildman–Crippen MR) is 128 cm³/mol. The molecule has 2 fully saturated rings.